The summed E-state index contributed by atoms with van der Waals surface area (Å²) in [7, 11) is -0.938. The zero-order valence-corrected chi connectivity index (χ0v) is 9.39. The maximum absolute atomic E-state index is 11.8. The largest absolute Gasteiger partial charge is 0.481 e. The van der Waals surface area contributed by atoms with E-state index in [1.54, 1.807) is 6.92 Å². The second kappa shape index (κ2) is 5.49. The topological polar surface area (TPSA) is 54.4 Å². The van der Waals surface area contributed by atoms with Gasteiger partial charge < -0.3 is 5.11 Å². The van der Waals surface area contributed by atoms with Crippen LogP contribution in [0.25, 0.3) is 0 Å². The van der Waals surface area contributed by atoms with Crippen molar-refractivity contribution in [2.75, 3.05) is 5.75 Å². The van der Waals surface area contributed by atoms with Crippen LogP contribution in [0.15, 0.2) is 0 Å². The van der Waals surface area contributed by atoms with Crippen LogP contribution in [0.2, 0.25) is 0 Å². The molecule has 0 aromatic rings. The molecular weight excluding hydrogens is 200 g/mol. The first kappa shape index (κ1) is 11.7. The maximum Gasteiger partial charge on any atom is 0.307 e. The molecule has 3 nitrogen and oxygen atoms in total. The standard InChI is InChI=1S/C10H18O3S/c1-8(10(11)12)7-14(13)9-5-3-2-4-6-9/h8-9H,2-7H2,1H3,(H,11,12). The number of carbonyl (C=O) groups is 1. The lowest BCUT2D eigenvalue weighted by atomic mass is 10.0. The number of aliphatic carboxylic acids is 1. The van der Waals surface area contributed by atoms with Gasteiger partial charge in [0.1, 0.15) is 0 Å². The van der Waals surface area contributed by atoms with Crippen LogP contribution in [-0.4, -0.2) is 26.3 Å². The quantitative estimate of drug-likeness (QED) is 0.782. The minimum Gasteiger partial charge on any atom is -0.481 e. The monoisotopic (exact) mass is 218 g/mol. The van der Waals surface area contributed by atoms with Crippen LogP contribution in [0.1, 0.15) is 39.0 Å². The molecule has 14 heavy (non-hydrogen) atoms. The summed E-state index contributed by atoms with van der Waals surface area (Å²) in [6, 6.07) is 0. The van der Waals surface area contributed by atoms with Gasteiger partial charge in [-0.2, -0.15) is 0 Å². The lowest BCUT2D eigenvalue weighted by Crippen LogP contribution is -2.26. The number of carboxylic acids is 1. The molecule has 0 aromatic carbocycles. The molecule has 1 saturated carbocycles. The lowest BCUT2D eigenvalue weighted by Gasteiger charge is -2.21. The second-order valence-corrected chi connectivity index (χ2v) is 5.81. The normalized spacial score (nSPS) is 22.9. The third-order valence-electron chi connectivity index (χ3n) is 2.76. The highest BCUT2D eigenvalue weighted by Crippen LogP contribution is 2.22. The molecular formula is C10H18O3S. The van der Waals surface area contributed by atoms with E-state index < -0.39 is 22.7 Å². The van der Waals surface area contributed by atoms with Crippen molar-refractivity contribution >= 4 is 16.8 Å². The lowest BCUT2D eigenvalue weighted by molar-refractivity contribution is -0.140. The summed E-state index contributed by atoms with van der Waals surface area (Å²) in [6.07, 6.45) is 5.57. The van der Waals surface area contributed by atoms with Crippen molar-refractivity contribution in [2.45, 2.75) is 44.3 Å². The minimum absolute atomic E-state index is 0.255. The Kier molecular flexibility index (Phi) is 4.58. The SMILES string of the molecule is CC(CS(=O)C1CCCCC1)C(=O)O. The van der Waals surface area contributed by atoms with Crippen molar-refractivity contribution in [2.24, 2.45) is 5.92 Å². The summed E-state index contributed by atoms with van der Waals surface area (Å²) in [5.41, 5.74) is 0. The Morgan fingerprint density at radius 3 is 2.50 bits per heavy atom. The fourth-order valence-electron chi connectivity index (χ4n) is 1.78. The number of hydrogen-bond acceptors (Lipinski definition) is 2. The van der Waals surface area contributed by atoms with Crippen molar-refractivity contribution in [1.29, 1.82) is 0 Å². The molecule has 1 fully saturated rings. The van der Waals surface area contributed by atoms with E-state index in [-0.39, 0.29) is 5.25 Å². The molecule has 0 radical (unpaired) electrons. The Morgan fingerprint density at radius 1 is 1.43 bits per heavy atom. The van der Waals surface area contributed by atoms with E-state index in [0.29, 0.717) is 5.75 Å². The van der Waals surface area contributed by atoms with E-state index in [1.165, 1.54) is 6.42 Å². The van der Waals surface area contributed by atoms with Gasteiger partial charge in [-0.3, -0.25) is 9.00 Å². The number of hydrogen-bond donors (Lipinski definition) is 1. The van der Waals surface area contributed by atoms with E-state index in [9.17, 15) is 9.00 Å². The summed E-state index contributed by atoms with van der Waals surface area (Å²) < 4.78 is 11.8. The smallest absolute Gasteiger partial charge is 0.307 e. The van der Waals surface area contributed by atoms with Gasteiger partial charge in [0.2, 0.25) is 0 Å². The number of rotatable bonds is 4. The molecule has 0 bridgehead atoms. The molecule has 0 spiro atoms. The van der Waals surface area contributed by atoms with E-state index >= 15 is 0 Å². The molecule has 0 heterocycles. The maximum atomic E-state index is 11.8. The zero-order chi connectivity index (χ0) is 10.6. The molecule has 0 aliphatic heterocycles. The molecule has 1 rings (SSSR count). The van der Waals surface area contributed by atoms with Crippen molar-refractivity contribution in [3.05, 3.63) is 0 Å². The molecule has 1 aliphatic carbocycles. The summed E-state index contributed by atoms with van der Waals surface area (Å²) in [6.45, 7) is 1.63. The van der Waals surface area contributed by atoms with Crippen molar-refractivity contribution in [3.8, 4) is 0 Å². The van der Waals surface area contributed by atoms with Gasteiger partial charge in [0.25, 0.3) is 0 Å². The minimum atomic E-state index is -0.938. The highest BCUT2D eigenvalue weighted by molar-refractivity contribution is 7.85. The van der Waals surface area contributed by atoms with Crippen LogP contribution in [0.4, 0.5) is 0 Å². The average molecular weight is 218 g/mol. The molecule has 1 aliphatic rings. The molecule has 82 valence electrons. The summed E-state index contributed by atoms with van der Waals surface area (Å²) in [4.78, 5) is 10.6. The first-order valence-corrected chi connectivity index (χ1v) is 6.59. The van der Waals surface area contributed by atoms with Crippen LogP contribution in [0.3, 0.4) is 0 Å². The van der Waals surface area contributed by atoms with Gasteiger partial charge >= 0.3 is 5.97 Å². The van der Waals surface area contributed by atoms with E-state index in [0.717, 1.165) is 25.7 Å². The molecule has 2 unspecified atom stereocenters. The molecule has 0 saturated heterocycles. The predicted molar refractivity (Wildman–Crippen MR) is 56.7 cm³/mol. The molecule has 0 aromatic heterocycles. The molecule has 2 atom stereocenters. The zero-order valence-electron chi connectivity index (χ0n) is 8.57. The van der Waals surface area contributed by atoms with Gasteiger partial charge in [-0.1, -0.05) is 26.2 Å². The first-order valence-electron chi connectivity index (χ1n) is 5.21. The second-order valence-electron chi connectivity index (χ2n) is 4.05. The first-order chi connectivity index (χ1) is 6.61. The van der Waals surface area contributed by atoms with Crippen molar-refractivity contribution in [3.63, 3.8) is 0 Å². The van der Waals surface area contributed by atoms with Gasteiger partial charge in [0.05, 0.1) is 5.92 Å². The van der Waals surface area contributed by atoms with Crippen LogP contribution >= 0.6 is 0 Å². The molecule has 0 amide bonds. The Morgan fingerprint density at radius 2 is 2.00 bits per heavy atom. The van der Waals surface area contributed by atoms with Crippen LogP contribution < -0.4 is 0 Å². The fourth-order valence-corrected chi connectivity index (χ4v) is 3.55. The van der Waals surface area contributed by atoms with Gasteiger partial charge in [-0.05, 0) is 12.8 Å². The molecule has 4 heteroatoms. The fraction of sp³-hybridized carbons (Fsp3) is 0.900. The van der Waals surface area contributed by atoms with Crippen molar-refractivity contribution < 1.29 is 14.1 Å². The van der Waals surface area contributed by atoms with Crippen LogP contribution in [-0.2, 0) is 15.6 Å². The average Bonchev–Trinajstić information content (AvgIpc) is 2.19. The predicted octanol–water partition coefficient (Wildman–Crippen LogP) is 1.79. The van der Waals surface area contributed by atoms with E-state index in [1.807, 2.05) is 0 Å². The Bertz CT molecular complexity index is 221. The number of carboxylic acid groups (broad SMARTS) is 1. The van der Waals surface area contributed by atoms with Gasteiger partial charge in [-0.25, -0.2) is 0 Å². The van der Waals surface area contributed by atoms with Crippen LogP contribution in [0.5, 0.6) is 0 Å². The highest BCUT2D eigenvalue weighted by atomic mass is 32.2. The third-order valence-corrected chi connectivity index (χ3v) is 4.80. The van der Waals surface area contributed by atoms with Crippen LogP contribution in [0, 0.1) is 5.92 Å². The summed E-state index contributed by atoms with van der Waals surface area (Å²) in [5.74, 6) is -0.994. The third kappa shape index (κ3) is 3.40. The Balaban J connectivity index is 2.36. The Labute approximate surface area is 87.3 Å². The van der Waals surface area contributed by atoms with Gasteiger partial charge in [0.15, 0.2) is 0 Å². The van der Waals surface area contributed by atoms with Gasteiger partial charge in [0, 0.05) is 21.8 Å². The Hall–Kier alpha value is -0.380. The van der Waals surface area contributed by atoms with Crippen molar-refractivity contribution in [1.82, 2.24) is 0 Å². The highest BCUT2D eigenvalue weighted by Gasteiger charge is 2.23. The summed E-state index contributed by atoms with van der Waals surface area (Å²) in [5, 5.41) is 8.95. The molecule has 1 N–H and O–H groups in total. The van der Waals surface area contributed by atoms with E-state index in [2.05, 4.69) is 0 Å². The summed E-state index contributed by atoms with van der Waals surface area (Å²) >= 11 is 0. The van der Waals surface area contributed by atoms with Gasteiger partial charge in [-0.15, -0.1) is 0 Å². The van der Waals surface area contributed by atoms with E-state index in [4.69, 9.17) is 5.11 Å².